The van der Waals surface area contributed by atoms with Gasteiger partial charge in [-0.2, -0.15) is 5.10 Å². The molecule has 0 atom stereocenters. The largest absolute Gasteiger partial charge is 0.263 e. The third-order valence-electron chi connectivity index (χ3n) is 3.98. The predicted molar refractivity (Wildman–Crippen MR) is 58.8 cm³/mol. The molecular weight excluding hydrogens is 186 g/mol. The van der Waals surface area contributed by atoms with Crippen molar-refractivity contribution in [3.05, 3.63) is 11.6 Å². The molecule has 0 saturated heterocycles. The highest BCUT2D eigenvalue weighted by Gasteiger charge is 2.25. The van der Waals surface area contributed by atoms with E-state index in [1.807, 2.05) is 0 Å². The maximum atomic E-state index is 4.69. The minimum atomic E-state index is 0.665. The smallest absolute Gasteiger partial charge is 0.153 e. The Hall–Kier alpha value is -0.860. The number of nitrogens with zero attached hydrogens (tertiary/aromatic N) is 2. The number of hydrogen-bond acceptors (Lipinski definition) is 2. The Balaban J connectivity index is 1.71. The van der Waals surface area contributed by atoms with E-state index in [4.69, 9.17) is 0 Å². The van der Waals surface area contributed by atoms with Gasteiger partial charge < -0.3 is 0 Å². The van der Waals surface area contributed by atoms with Gasteiger partial charge in [-0.15, -0.1) is 0 Å². The standard InChI is InChI=1S/C12H19N3/c1-2-5-9(6-3-1)11-13-12(15-14-11)10-7-4-8-10/h9-10H,1-8H2,(H,13,14,15). The first-order valence-electron chi connectivity index (χ1n) is 6.35. The fourth-order valence-corrected chi connectivity index (χ4v) is 2.70. The topological polar surface area (TPSA) is 41.6 Å². The van der Waals surface area contributed by atoms with Crippen LogP contribution >= 0.6 is 0 Å². The van der Waals surface area contributed by atoms with Crippen molar-refractivity contribution in [2.75, 3.05) is 0 Å². The number of hydrogen-bond donors (Lipinski definition) is 1. The molecule has 0 unspecified atom stereocenters. The van der Waals surface area contributed by atoms with Gasteiger partial charge in [-0.1, -0.05) is 25.7 Å². The molecule has 2 fully saturated rings. The highest BCUT2D eigenvalue weighted by molar-refractivity contribution is 5.05. The summed E-state index contributed by atoms with van der Waals surface area (Å²) in [5.74, 6) is 3.58. The molecule has 0 aliphatic heterocycles. The summed E-state index contributed by atoms with van der Waals surface area (Å²) in [5.41, 5.74) is 0. The minimum absolute atomic E-state index is 0.665. The molecule has 0 amide bonds. The molecule has 1 heterocycles. The van der Waals surface area contributed by atoms with Crippen LogP contribution in [0.4, 0.5) is 0 Å². The van der Waals surface area contributed by atoms with Gasteiger partial charge >= 0.3 is 0 Å². The summed E-state index contributed by atoms with van der Waals surface area (Å²) >= 11 is 0. The Morgan fingerprint density at radius 1 is 0.867 bits per heavy atom. The van der Waals surface area contributed by atoms with Gasteiger partial charge in [-0.25, -0.2) is 4.98 Å². The molecule has 15 heavy (non-hydrogen) atoms. The molecule has 1 aromatic rings. The summed E-state index contributed by atoms with van der Waals surface area (Å²) in [4.78, 5) is 4.69. The molecule has 1 aromatic heterocycles. The van der Waals surface area contributed by atoms with Crippen molar-refractivity contribution >= 4 is 0 Å². The first kappa shape index (κ1) is 9.37. The molecule has 3 heteroatoms. The third kappa shape index (κ3) is 1.80. The van der Waals surface area contributed by atoms with Crippen molar-refractivity contribution in [2.24, 2.45) is 0 Å². The minimum Gasteiger partial charge on any atom is -0.263 e. The van der Waals surface area contributed by atoms with E-state index < -0.39 is 0 Å². The Morgan fingerprint density at radius 3 is 2.27 bits per heavy atom. The van der Waals surface area contributed by atoms with Gasteiger partial charge in [-0.05, 0) is 25.7 Å². The number of aromatic amines is 1. The molecule has 2 aliphatic carbocycles. The zero-order valence-corrected chi connectivity index (χ0v) is 9.21. The number of H-pyrrole nitrogens is 1. The SMILES string of the molecule is C1CCC(c2nc(C3CCC3)n[nH]2)CC1. The average Bonchev–Trinajstić information content (AvgIpc) is 2.66. The summed E-state index contributed by atoms with van der Waals surface area (Å²) in [5, 5.41) is 7.54. The van der Waals surface area contributed by atoms with Gasteiger partial charge in [0.25, 0.3) is 0 Å². The highest BCUT2D eigenvalue weighted by atomic mass is 15.2. The Kier molecular flexibility index (Phi) is 2.47. The van der Waals surface area contributed by atoms with E-state index in [0.717, 1.165) is 11.6 Å². The van der Waals surface area contributed by atoms with Crippen molar-refractivity contribution in [1.82, 2.24) is 15.2 Å². The zero-order valence-electron chi connectivity index (χ0n) is 9.21. The molecule has 2 saturated carbocycles. The maximum absolute atomic E-state index is 4.69. The van der Waals surface area contributed by atoms with E-state index in [9.17, 15) is 0 Å². The van der Waals surface area contributed by atoms with Crippen molar-refractivity contribution in [3.8, 4) is 0 Å². The second kappa shape index (κ2) is 3.95. The molecule has 3 rings (SSSR count). The second-order valence-corrected chi connectivity index (χ2v) is 5.04. The van der Waals surface area contributed by atoms with Crippen LogP contribution in [0.1, 0.15) is 74.9 Å². The van der Waals surface area contributed by atoms with Crippen molar-refractivity contribution in [3.63, 3.8) is 0 Å². The van der Waals surface area contributed by atoms with Crippen LogP contribution in [0.2, 0.25) is 0 Å². The van der Waals surface area contributed by atoms with Crippen LogP contribution in [0.15, 0.2) is 0 Å². The van der Waals surface area contributed by atoms with Crippen molar-refractivity contribution < 1.29 is 0 Å². The lowest BCUT2D eigenvalue weighted by atomic mass is 9.85. The second-order valence-electron chi connectivity index (χ2n) is 5.04. The zero-order chi connectivity index (χ0) is 10.1. The van der Waals surface area contributed by atoms with Crippen molar-refractivity contribution in [1.29, 1.82) is 0 Å². The van der Waals surface area contributed by atoms with Gasteiger partial charge in [-0.3, -0.25) is 5.10 Å². The van der Waals surface area contributed by atoms with E-state index in [2.05, 4.69) is 15.2 Å². The van der Waals surface area contributed by atoms with Crippen LogP contribution in [0, 0.1) is 0 Å². The fourth-order valence-electron chi connectivity index (χ4n) is 2.70. The monoisotopic (exact) mass is 205 g/mol. The summed E-state index contributed by atoms with van der Waals surface area (Å²) in [7, 11) is 0. The van der Waals surface area contributed by atoms with Crippen LogP contribution in [-0.4, -0.2) is 15.2 Å². The van der Waals surface area contributed by atoms with Gasteiger partial charge in [0.05, 0.1) is 0 Å². The van der Waals surface area contributed by atoms with Gasteiger partial charge in [0.1, 0.15) is 5.82 Å². The van der Waals surface area contributed by atoms with E-state index >= 15 is 0 Å². The van der Waals surface area contributed by atoms with Gasteiger partial charge in [0.15, 0.2) is 5.82 Å². The van der Waals surface area contributed by atoms with E-state index in [1.54, 1.807) is 0 Å². The maximum Gasteiger partial charge on any atom is 0.153 e. The van der Waals surface area contributed by atoms with Crippen LogP contribution < -0.4 is 0 Å². The molecule has 1 N–H and O–H groups in total. The molecule has 0 aromatic carbocycles. The average molecular weight is 205 g/mol. The Labute approximate surface area is 90.7 Å². The first-order valence-corrected chi connectivity index (χ1v) is 6.35. The fraction of sp³-hybridized carbons (Fsp3) is 0.833. The molecule has 0 radical (unpaired) electrons. The van der Waals surface area contributed by atoms with Crippen LogP contribution in [0.5, 0.6) is 0 Å². The molecule has 0 bridgehead atoms. The van der Waals surface area contributed by atoms with Gasteiger partial charge in [0, 0.05) is 11.8 Å². The molecule has 2 aliphatic rings. The summed E-state index contributed by atoms with van der Waals surface area (Å²) in [6, 6.07) is 0. The summed E-state index contributed by atoms with van der Waals surface area (Å²) in [6.07, 6.45) is 10.7. The third-order valence-corrected chi connectivity index (χ3v) is 3.98. The van der Waals surface area contributed by atoms with Crippen molar-refractivity contribution in [2.45, 2.75) is 63.2 Å². The quantitative estimate of drug-likeness (QED) is 0.806. The lowest BCUT2D eigenvalue weighted by Crippen LogP contribution is -2.11. The molecule has 3 nitrogen and oxygen atoms in total. The van der Waals surface area contributed by atoms with E-state index in [0.29, 0.717) is 11.8 Å². The highest BCUT2D eigenvalue weighted by Crippen LogP contribution is 2.36. The summed E-state index contributed by atoms with van der Waals surface area (Å²) in [6.45, 7) is 0. The number of rotatable bonds is 2. The van der Waals surface area contributed by atoms with Crippen LogP contribution in [0.3, 0.4) is 0 Å². The lowest BCUT2D eigenvalue weighted by Gasteiger charge is -2.22. The molecule has 0 spiro atoms. The molecular formula is C12H19N3. The first-order chi connectivity index (χ1) is 7.43. The number of nitrogens with one attached hydrogen (secondary N) is 1. The lowest BCUT2D eigenvalue weighted by molar-refractivity contribution is 0.400. The van der Waals surface area contributed by atoms with Crippen LogP contribution in [-0.2, 0) is 0 Å². The number of aromatic nitrogens is 3. The van der Waals surface area contributed by atoms with E-state index in [-0.39, 0.29) is 0 Å². The molecule has 82 valence electrons. The van der Waals surface area contributed by atoms with Crippen LogP contribution in [0.25, 0.3) is 0 Å². The Bertz CT molecular complexity index is 321. The normalized spacial score (nSPS) is 24.0. The predicted octanol–water partition coefficient (Wildman–Crippen LogP) is 3.12. The van der Waals surface area contributed by atoms with E-state index in [1.165, 1.54) is 51.4 Å². The summed E-state index contributed by atoms with van der Waals surface area (Å²) < 4.78 is 0. The Morgan fingerprint density at radius 2 is 1.60 bits per heavy atom. The van der Waals surface area contributed by atoms with Gasteiger partial charge in [0.2, 0.25) is 0 Å².